The first-order chi connectivity index (χ1) is 17.7. The Hall–Kier alpha value is -2.68. The molecule has 5 atom stereocenters. The van der Waals surface area contributed by atoms with E-state index in [2.05, 4.69) is 0 Å². The van der Waals surface area contributed by atoms with Crippen LogP contribution in [0.1, 0.15) is 32.6 Å². The maximum atomic E-state index is 14.3. The van der Waals surface area contributed by atoms with Crippen LogP contribution < -0.4 is 4.90 Å². The maximum absolute atomic E-state index is 14.3. The molecule has 2 fully saturated rings. The minimum atomic E-state index is -1.25. The first-order valence-corrected chi connectivity index (χ1v) is 13.4. The second kappa shape index (κ2) is 9.89. The molecule has 4 aliphatic rings. The molecule has 37 heavy (non-hydrogen) atoms. The summed E-state index contributed by atoms with van der Waals surface area (Å²) >= 11 is 6.09. The summed E-state index contributed by atoms with van der Waals surface area (Å²) in [6.45, 7) is 3.13. The first-order valence-electron chi connectivity index (χ1n) is 13.0. The number of carbonyl (C=O) groups is 3. The van der Waals surface area contributed by atoms with Crippen LogP contribution in [0.25, 0.3) is 0 Å². The molecule has 0 radical (unpaired) electrons. The van der Waals surface area contributed by atoms with Gasteiger partial charge in [0.1, 0.15) is 11.6 Å². The van der Waals surface area contributed by atoms with Crippen LogP contribution >= 0.6 is 11.6 Å². The third-order valence-electron chi connectivity index (χ3n) is 8.20. The van der Waals surface area contributed by atoms with Crippen LogP contribution in [-0.2, 0) is 19.1 Å². The van der Waals surface area contributed by atoms with Gasteiger partial charge in [0, 0.05) is 44.0 Å². The Labute approximate surface area is 222 Å². The average Bonchev–Trinajstić information content (AvgIpc) is 3.14. The maximum Gasteiger partial charge on any atom is 0.253 e. The predicted octanol–water partition coefficient (Wildman–Crippen LogP) is 2.79. The third-order valence-corrected chi connectivity index (χ3v) is 8.46. The second-order valence-electron chi connectivity index (χ2n) is 10.6. The number of anilines is 1. The van der Waals surface area contributed by atoms with Crippen LogP contribution in [0, 0.1) is 11.8 Å². The van der Waals surface area contributed by atoms with Crippen molar-refractivity contribution in [1.29, 1.82) is 0 Å². The Bertz CT molecular complexity index is 1140. The van der Waals surface area contributed by atoms with Gasteiger partial charge in [-0.3, -0.25) is 14.4 Å². The molecule has 0 saturated carbocycles. The molecular weight excluding hydrogens is 494 g/mol. The van der Waals surface area contributed by atoms with Crippen molar-refractivity contribution in [3.8, 4) is 0 Å². The largest absolute Gasteiger partial charge is 0.396 e. The van der Waals surface area contributed by atoms with Crippen LogP contribution in [0.15, 0.2) is 48.6 Å². The van der Waals surface area contributed by atoms with Crippen LogP contribution in [0.4, 0.5) is 5.69 Å². The van der Waals surface area contributed by atoms with Crippen LogP contribution in [0.5, 0.6) is 0 Å². The van der Waals surface area contributed by atoms with E-state index < -0.39 is 29.1 Å². The number of nitrogens with zero attached hydrogens (tertiary/aromatic N) is 3. The Balaban J connectivity index is 1.57. The highest BCUT2D eigenvalue weighted by atomic mass is 35.5. The van der Waals surface area contributed by atoms with Crippen molar-refractivity contribution < 1.29 is 24.2 Å². The Kier molecular flexibility index (Phi) is 6.94. The van der Waals surface area contributed by atoms with E-state index in [1.807, 2.05) is 31.2 Å². The van der Waals surface area contributed by atoms with Crippen molar-refractivity contribution in [3.63, 3.8) is 0 Å². The molecule has 5 rings (SSSR count). The molecule has 1 spiro atoms. The van der Waals surface area contributed by atoms with Crippen molar-refractivity contribution in [2.75, 3.05) is 38.2 Å². The lowest BCUT2D eigenvalue weighted by atomic mass is 9.74. The van der Waals surface area contributed by atoms with Gasteiger partial charge in [-0.25, -0.2) is 0 Å². The summed E-state index contributed by atoms with van der Waals surface area (Å²) < 4.78 is 6.78. The van der Waals surface area contributed by atoms with Gasteiger partial charge in [0.15, 0.2) is 0 Å². The fourth-order valence-electron chi connectivity index (χ4n) is 6.48. The highest BCUT2D eigenvalue weighted by Crippen LogP contribution is 2.57. The Morgan fingerprint density at radius 2 is 1.65 bits per heavy atom. The molecule has 0 aromatic heterocycles. The number of hydrogen-bond donors (Lipinski definition) is 1. The van der Waals surface area contributed by atoms with Crippen LogP contribution in [0.2, 0.25) is 5.02 Å². The van der Waals surface area contributed by atoms with Crippen molar-refractivity contribution in [2.45, 2.75) is 49.9 Å². The van der Waals surface area contributed by atoms with E-state index in [1.165, 1.54) is 0 Å². The predicted molar refractivity (Wildman–Crippen MR) is 140 cm³/mol. The molecule has 9 heteroatoms. The fraction of sp³-hybridized carbons (Fsp3) is 0.536. The number of aliphatic hydroxyl groups is 1. The minimum Gasteiger partial charge on any atom is -0.396 e. The van der Waals surface area contributed by atoms with Crippen molar-refractivity contribution in [2.24, 2.45) is 11.8 Å². The molecular formula is C28H34ClN3O5. The zero-order chi connectivity index (χ0) is 26.4. The van der Waals surface area contributed by atoms with Gasteiger partial charge >= 0.3 is 0 Å². The Morgan fingerprint density at radius 3 is 2.38 bits per heavy atom. The lowest BCUT2D eigenvalue weighted by Crippen LogP contribution is -2.56. The minimum absolute atomic E-state index is 0.132. The van der Waals surface area contributed by atoms with Gasteiger partial charge in [-0.15, -0.1) is 0 Å². The molecule has 0 aliphatic carbocycles. The highest BCUT2D eigenvalue weighted by Gasteiger charge is 2.74. The highest BCUT2D eigenvalue weighted by molar-refractivity contribution is 6.30. The van der Waals surface area contributed by atoms with E-state index >= 15 is 0 Å². The molecule has 0 bridgehead atoms. The third kappa shape index (κ3) is 4.19. The molecule has 2 saturated heterocycles. The molecule has 8 nitrogen and oxygen atoms in total. The standard InChI is InChI=1S/C28H34ClN3O5/c1-27-13-7-15-30(2)24(34)21(27)22-25(35)32(16-5-3-4-6-18-33)23-26(36)31(17-8-14-28(22,23)37-27)20-11-9-19(29)10-12-20/h7-14,21-23,33H,3-6,15-18H2,1-2H3/t21-,22+,23?,27+,28+/m1/s1. The molecule has 1 N–H and O–H groups in total. The van der Waals surface area contributed by atoms with Crippen LogP contribution in [-0.4, -0.2) is 83.2 Å². The van der Waals surface area contributed by atoms with Crippen molar-refractivity contribution >= 4 is 35.0 Å². The summed E-state index contributed by atoms with van der Waals surface area (Å²) in [5, 5.41) is 9.69. The monoisotopic (exact) mass is 527 g/mol. The van der Waals surface area contributed by atoms with Crippen LogP contribution in [0.3, 0.4) is 0 Å². The first kappa shape index (κ1) is 25.9. The van der Waals surface area contributed by atoms with Gasteiger partial charge in [0.25, 0.3) is 5.91 Å². The number of likely N-dealkylation sites (tertiary alicyclic amines) is 1. The van der Waals surface area contributed by atoms with Gasteiger partial charge < -0.3 is 24.5 Å². The van der Waals surface area contributed by atoms with E-state index in [4.69, 9.17) is 21.4 Å². The smallest absolute Gasteiger partial charge is 0.253 e. The number of fused-ring (bicyclic) bond motifs is 2. The molecule has 4 aliphatic heterocycles. The van der Waals surface area contributed by atoms with E-state index in [0.29, 0.717) is 43.2 Å². The number of ether oxygens (including phenoxy) is 1. The number of carbonyl (C=O) groups excluding carboxylic acids is 3. The van der Waals surface area contributed by atoms with Gasteiger partial charge in [-0.05, 0) is 44.0 Å². The zero-order valence-corrected chi connectivity index (χ0v) is 22.1. The fourth-order valence-corrected chi connectivity index (χ4v) is 6.61. The zero-order valence-electron chi connectivity index (χ0n) is 21.3. The van der Waals surface area contributed by atoms with Gasteiger partial charge in [-0.1, -0.05) is 48.7 Å². The lowest BCUT2D eigenvalue weighted by Gasteiger charge is -2.37. The van der Waals surface area contributed by atoms with E-state index in [1.54, 1.807) is 46.0 Å². The second-order valence-corrected chi connectivity index (χ2v) is 11.1. The van der Waals surface area contributed by atoms with E-state index in [-0.39, 0.29) is 24.3 Å². The normalized spacial score (nSPS) is 32.9. The topological polar surface area (TPSA) is 90.4 Å². The number of unbranched alkanes of at least 4 members (excludes halogenated alkanes) is 3. The van der Waals surface area contributed by atoms with Gasteiger partial charge in [0.2, 0.25) is 11.8 Å². The number of hydrogen-bond acceptors (Lipinski definition) is 5. The molecule has 1 unspecified atom stereocenters. The summed E-state index contributed by atoms with van der Waals surface area (Å²) in [7, 11) is 1.73. The van der Waals surface area contributed by atoms with Crippen molar-refractivity contribution in [3.05, 3.63) is 53.6 Å². The summed E-state index contributed by atoms with van der Waals surface area (Å²) in [6.07, 6.45) is 10.6. The number of halogens is 1. The lowest BCUT2D eigenvalue weighted by molar-refractivity contribution is -0.148. The summed E-state index contributed by atoms with van der Waals surface area (Å²) in [6, 6.07) is 6.16. The number of likely N-dealkylation sites (N-methyl/N-ethyl adjacent to an activating group) is 1. The molecule has 3 amide bonds. The molecule has 1 aromatic carbocycles. The summed E-state index contributed by atoms with van der Waals surface area (Å²) in [5.41, 5.74) is -1.57. The SMILES string of the molecule is CN1CC=C[C@]2(C)O[C@]34C=CCN(c5ccc(Cl)cc5)C(=O)C3N(CCCCCCO)C(=O)[C@@H]4[C@@H]2C1=O. The molecule has 4 heterocycles. The molecule has 1 aromatic rings. The number of aliphatic hydroxyl groups excluding tert-OH is 1. The van der Waals surface area contributed by atoms with E-state index in [9.17, 15) is 14.4 Å². The average molecular weight is 528 g/mol. The number of benzene rings is 1. The quantitative estimate of drug-likeness (QED) is 0.435. The number of amides is 3. The summed E-state index contributed by atoms with van der Waals surface area (Å²) in [5.74, 6) is -2.13. The van der Waals surface area contributed by atoms with Gasteiger partial charge in [-0.2, -0.15) is 0 Å². The van der Waals surface area contributed by atoms with Gasteiger partial charge in [0.05, 0.1) is 17.4 Å². The summed E-state index contributed by atoms with van der Waals surface area (Å²) in [4.78, 5) is 47.0. The van der Waals surface area contributed by atoms with E-state index in [0.717, 1.165) is 12.8 Å². The number of rotatable bonds is 7. The Morgan fingerprint density at radius 1 is 0.946 bits per heavy atom. The van der Waals surface area contributed by atoms with Crippen molar-refractivity contribution in [1.82, 2.24) is 9.80 Å². The molecule has 198 valence electrons.